The molecule has 1 saturated carbocycles. The number of hydrogen-bond acceptors (Lipinski definition) is 6. The van der Waals surface area contributed by atoms with E-state index >= 15 is 0 Å². The van der Waals surface area contributed by atoms with Gasteiger partial charge in [-0.25, -0.2) is 4.98 Å². The highest BCUT2D eigenvalue weighted by Gasteiger charge is 2.51. The van der Waals surface area contributed by atoms with Crippen LogP contribution in [-0.4, -0.2) is 43.5 Å². The number of ether oxygens (including phenoxy) is 2. The Morgan fingerprint density at radius 2 is 1.87 bits per heavy atom. The first-order valence-electron chi connectivity index (χ1n) is 9.12. The largest absolute Gasteiger partial charge is 0.464 e. The molecule has 7 nitrogen and oxygen atoms in total. The van der Waals surface area contributed by atoms with Gasteiger partial charge in [0.2, 0.25) is 11.7 Å². The lowest BCUT2D eigenvalue weighted by Gasteiger charge is -2.20. The van der Waals surface area contributed by atoms with Gasteiger partial charge in [0.15, 0.2) is 11.8 Å². The highest BCUT2D eigenvalue weighted by atomic mass is 19.4. The maximum Gasteiger partial charge on any atom is 0.425 e. The molecule has 3 heterocycles. The van der Waals surface area contributed by atoms with E-state index in [-0.39, 0.29) is 23.8 Å². The molecule has 3 aromatic heterocycles. The van der Waals surface area contributed by atoms with Crippen molar-refractivity contribution in [2.75, 3.05) is 6.61 Å². The summed E-state index contributed by atoms with van der Waals surface area (Å²) in [6.07, 6.45) is -5.34. The van der Waals surface area contributed by atoms with Crippen molar-refractivity contribution in [2.24, 2.45) is 5.92 Å². The van der Waals surface area contributed by atoms with Gasteiger partial charge >= 0.3 is 12.3 Å². The van der Waals surface area contributed by atoms with E-state index < -0.39 is 30.1 Å². The van der Waals surface area contributed by atoms with Crippen LogP contribution in [0.25, 0.3) is 16.9 Å². The van der Waals surface area contributed by atoms with E-state index in [9.17, 15) is 22.0 Å². The van der Waals surface area contributed by atoms with Crippen LogP contribution in [0.5, 0.6) is 5.88 Å². The molecule has 1 atom stereocenters. The molecule has 0 saturated heterocycles. The summed E-state index contributed by atoms with van der Waals surface area (Å²) in [5.74, 6) is -1.45. The summed E-state index contributed by atoms with van der Waals surface area (Å²) in [7, 11) is 0. The molecule has 0 bridgehead atoms. The second kappa shape index (κ2) is 7.42. The zero-order valence-electron chi connectivity index (χ0n) is 15.6. The maximum absolute atomic E-state index is 14.1. The third-order valence-corrected chi connectivity index (χ3v) is 4.53. The van der Waals surface area contributed by atoms with E-state index in [1.807, 2.05) is 0 Å². The second-order valence-corrected chi connectivity index (χ2v) is 6.78. The third kappa shape index (κ3) is 4.04. The van der Waals surface area contributed by atoms with Crippen molar-refractivity contribution in [1.82, 2.24) is 24.6 Å². The first-order valence-corrected chi connectivity index (χ1v) is 9.12. The number of aromatic nitrogens is 5. The van der Waals surface area contributed by atoms with Crippen molar-refractivity contribution in [1.29, 1.82) is 0 Å². The minimum atomic E-state index is -4.48. The Bertz CT molecular complexity index is 1030. The van der Waals surface area contributed by atoms with Gasteiger partial charge in [0, 0.05) is 29.9 Å². The molecule has 4 rings (SSSR count). The van der Waals surface area contributed by atoms with Crippen LogP contribution in [0.2, 0.25) is 0 Å². The smallest absolute Gasteiger partial charge is 0.425 e. The van der Waals surface area contributed by atoms with Gasteiger partial charge in [-0.2, -0.15) is 22.0 Å². The molecule has 0 N–H and O–H groups in total. The number of hydrogen-bond donors (Lipinski definition) is 0. The van der Waals surface area contributed by atoms with Crippen molar-refractivity contribution in [3.8, 4) is 17.1 Å². The maximum atomic E-state index is 14.1. The molecule has 0 aromatic carbocycles. The predicted octanol–water partition coefficient (Wildman–Crippen LogP) is 3.99. The molecule has 3 aromatic rings. The average molecular weight is 429 g/mol. The molecule has 1 fully saturated rings. The lowest BCUT2D eigenvalue weighted by atomic mass is 10.2. The molecule has 0 unspecified atom stereocenters. The molecular formula is C18H16F5N5O2. The normalized spacial score (nSPS) is 16.1. The lowest BCUT2D eigenvalue weighted by molar-refractivity contribution is -0.251. The molecule has 0 amide bonds. The van der Waals surface area contributed by atoms with Crippen LogP contribution in [-0.2, 0) is 10.8 Å². The van der Waals surface area contributed by atoms with Gasteiger partial charge in [0.05, 0.1) is 18.5 Å². The van der Waals surface area contributed by atoms with Gasteiger partial charge in [0.25, 0.3) is 0 Å². The zero-order chi connectivity index (χ0) is 21.5. The minimum Gasteiger partial charge on any atom is -0.464 e. The third-order valence-electron chi connectivity index (χ3n) is 4.53. The highest BCUT2D eigenvalue weighted by Crippen LogP contribution is 2.42. The zero-order valence-corrected chi connectivity index (χ0v) is 15.6. The van der Waals surface area contributed by atoms with E-state index in [0.29, 0.717) is 18.4 Å². The molecular weight excluding hydrogens is 413 g/mol. The molecule has 160 valence electrons. The fourth-order valence-electron chi connectivity index (χ4n) is 2.96. The van der Waals surface area contributed by atoms with Crippen LogP contribution in [0.3, 0.4) is 0 Å². The quantitative estimate of drug-likeness (QED) is 0.529. The first-order chi connectivity index (χ1) is 14.2. The summed E-state index contributed by atoms with van der Waals surface area (Å²) in [6.45, 7) is 1.19. The number of halogens is 5. The van der Waals surface area contributed by atoms with Crippen molar-refractivity contribution in [3.05, 3.63) is 36.5 Å². The molecule has 1 aliphatic carbocycles. The van der Waals surface area contributed by atoms with Gasteiger partial charge in [-0.1, -0.05) is 0 Å². The molecule has 12 heteroatoms. The molecule has 0 spiro atoms. The van der Waals surface area contributed by atoms with Crippen molar-refractivity contribution < 1.29 is 31.4 Å². The van der Waals surface area contributed by atoms with Crippen molar-refractivity contribution >= 4 is 5.65 Å². The van der Waals surface area contributed by atoms with Crippen LogP contribution in [0.1, 0.15) is 25.6 Å². The van der Waals surface area contributed by atoms with Gasteiger partial charge < -0.3 is 9.47 Å². The summed E-state index contributed by atoms with van der Waals surface area (Å²) in [5, 5.41) is 7.11. The molecule has 0 radical (unpaired) electrons. The number of rotatable bonds is 7. The fraction of sp³-hybridized carbons (Fsp3) is 0.444. The molecule has 1 aliphatic rings. The summed E-state index contributed by atoms with van der Waals surface area (Å²) < 4.78 is 78.0. The van der Waals surface area contributed by atoms with Crippen molar-refractivity contribution in [3.63, 3.8) is 0 Å². The van der Waals surface area contributed by atoms with E-state index in [0.717, 1.165) is 4.40 Å². The average Bonchev–Trinajstić information content (AvgIpc) is 3.42. The lowest BCUT2D eigenvalue weighted by Crippen LogP contribution is -2.36. The van der Waals surface area contributed by atoms with E-state index in [1.54, 1.807) is 0 Å². The Kier molecular flexibility index (Phi) is 5.04. The molecule has 30 heavy (non-hydrogen) atoms. The van der Waals surface area contributed by atoms with Gasteiger partial charge in [0.1, 0.15) is 0 Å². The Morgan fingerprint density at radius 3 is 2.47 bits per heavy atom. The Hall–Kier alpha value is -2.89. The number of nitrogens with zero attached hydrogens (tertiary/aromatic N) is 5. The van der Waals surface area contributed by atoms with Crippen LogP contribution in [0, 0.1) is 5.92 Å². The standard InChI is InChI=1S/C18H16F5N5O2/c1-2-29-18(22,23)16-27-26-13-8-24-12(9-28(13)16)11-5-6-14(25-7-11)30-15(10-3-4-10)17(19,20)21/h5-10,15H,2-4H2,1H3/t15-/m0/s1. The van der Waals surface area contributed by atoms with Crippen LogP contribution >= 0.6 is 0 Å². The first kappa shape index (κ1) is 20.4. The Labute approximate surface area is 166 Å². The van der Waals surface area contributed by atoms with Crippen LogP contribution in [0.15, 0.2) is 30.7 Å². The minimum absolute atomic E-state index is 0.0819. The summed E-state index contributed by atoms with van der Waals surface area (Å²) >= 11 is 0. The number of alkyl halides is 5. The van der Waals surface area contributed by atoms with Crippen LogP contribution < -0.4 is 4.74 Å². The molecule has 0 aliphatic heterocycles. The Morgan fingerprint density at radius 1 is 1.10 bits per heavy atom. The second-order valence-electron chi connectivity index (χ2n) is 6.78. The topological polar surface area (TPSA) is 74.4 Å². The summed E-state index contributed by atoms with van der Waals surface area (Å²) in [5.41, 5.74) is 0.710. The Balaban J connectivity index is 1.60. The highest BCUT2D eigenvalue weighted by molar-refractivity contribution is 5.59. The fourth-order valence-corrected chi connectivity index (χ4v) is 2.96. The SMILES string of the molecule is CCOC(F)(F)c1nnc2cnc(-c3ccc(O[C@@H](C4CC4)C(F)(F)F)nc3)cn12. The number of fused-ring (bicyclic) bond motifs is 1. The summed E-state index contributed by atoms with van der Waals surface area (Å²) in [6, 6.07) is 2.73. The van der Waals surface area contributed by atoms with E-state index in [4.69, 9.17) is 4.74 Å². The summed E-state index contributed by atoms with van der Waals surface area (Å²) in [4.78, 5) is 8.03. The van der Waals surface area contributed by atoms with E-state index in [2.05, 4.69) is 24.9 Å². The van der Waals surface area contributed by atoms with Gasteiger partial charge in [-0.05, 0) is 25.8 Å². The van der Waals surface area contributed by atoms with E-state index in [1.165, 1.54) is 37.6 Å². The predicted molar refractivity (Wildman–Crippen MR) is 92.7 cm³/mol. The van der Waals surface area contributed by atoms with Gasteiger partial charge in [-0.3, -0.25) is 9.38 Å². The van der Waals surface area contributed by atoms with Gasteiger partial charge in [-0.15, -0.1) is 10.2 Å². The van der Waals surface area contributed by atoms with Crippen molar-refractivity contribution in [2.45, 2.75) is 38.2 Å². The monoisotopic (exact) mass is 429 g/mol. The number of pyridine rings is 1. The van der Waals surface area contributed by atoms with Crippen LogP contribution in [0.4, 0.5) is 22.0 Å².